The number of ketones is 1. The van der Waals surface area contributed by atoms with Gasteiger partial charge in [0.05, 0.1) is 22.0 Å². The Hall–Kier alpha value is -1.66. The van der Waals surface area contributed by atoms with Crippen LogP contribution in [0.1, 0.15) is 24.9 Å². The van der Waals surface area contributed by atoms with E-state index < -0.39 is 5.97 Å². The fourth-order valence-corrected chi connectivity index (χ4v) is 2.95. The minimum atomic E-state index is -0.424. The van der Waals surface area contributed by atoms with E-state index in [4.69, 9.17) is 4.74 Å². The van der Waals surface area contributed by atoms with Crippen molar-refractivity contribution in [2.75, 3.05) is 13.7 Å². The number of rotatable bonds is 5. The van der Waals surface area contributed by atoms with Crippen molar-refractivity contribution < 1.29 is 19.1 Å². The van der Waals surface area contributed by atoms with Crippen molar-refractivity contribution >= 4 is 39.0 Å². The number of carbonyl (C=O) groups excluding carboxylic acids is 2. The topological polar surface area (TPSA) is 52.6 Å². The first-order valence-corrected chi connectivity index (χ1v) is 7.72. The van der Waals surface area contributed by atoms with Crippen LogP contribution in [0.3, 0.4) is 0 Å². The predicted molar refractivity (Wildman–Crippen MR) is 84.4 cm³/mol. The largest absolute Gasteiger partial charge is 0.484 e. The molecule has 0 radical (unpaired) electrons. The Kier molecular flexibility index (Phi) is 5.14. The van der Waals surface area contributed by atoms with Gasteiger partial charge in [-0.1, -0.05) is 0 Å². The van der Waals surface area contributed by atoms with Gasteiger partial charge >= 0.3 is 5.97 Å². The van der Waals surface area contributed by atoms with Crippen LogP contribution in [0.5, 0.6) is 5.75 Å². The molecule has 1 aromatic carbocycles. The molecule has 0 spiro atoms. The van der Waals surface area contributed by atoms with E-state index in [0.717, 1.165) is 4.88 Å². The number of carbonyl (C=O) groups is 2. The highest BCUT2D eigenvalue weighted by atomic mass is 79.9. The summed E-state index contributed by atoms with van der Waals surface area (Å²) in [6, 6.07) is 8.51. The van der Waals surface area contributed by atoms with Gasteiger partial charge in [0.1, 0.15) is 5.75 Å². The molecule has 0 aliphatic carbocycles. The third-order valence-electron chi connectivity index (χ3n) is 2.73. The van der Waals surface area contributed by atoms with Crippen molar-refractivity contribution in [1.29, 1.82) is 0 Å². The molecule has 0 aliphatic heterocycles. The highest BCUT2D eigenvalue weighted by Crippen LogP contribution is 2.26. The Bertz CT molecular complexity index is 678. The highest BCUT2D eigenvalue weighted by molar-refractivity contribution is 9.10. The summed E-state index contributed by atoms with van der Waals surface area (Å²) in [6.45, 7) is 1.90. The van der Waals surface area contributed by atoms with Gasteiger partial charge in [-0.05, 0) is 53.2 Å². The van der Waals surface area contributed by atoms with E-state index in [1.54, 1.807) is 24.3 Å². The van der Waals surface area contributed by atoms with Gasteiger partial charge < -0.3 is 9.47 Å². The lowest BCUT2D eigenvalue weighted by molar-refractivity contribution is 0.0600. The van der Waals surface area contributed by atoms with Gasteiger partial charge in [-0.2, -0.15) is 0 Å². The first kappa shape index (κ1) is 15.7. The Morgan fingerprint density at radius 3 is 2.57 bits per heavy atom. The molecule has 0 saturated heterocycles. The van der Waals surface area contributed by atoms with E-state index in [2.05, 4.69) is 20.7 Å². The van der Waals surface area contributed by atoms with Crippen LogP contribution in [0.4, 0.5) is 0 Å². The van der Waals surface area contributed by atoms with Crippen LogP contribution in [0.15, 0.2) is 34.8 Å². The lowest BCUT2D eigenvalue weighted by Gasteiger charge is -2.08. The maximum absolute atomic E-state index is 12.0. The van der Waals surface area contributed by atoms with Crippen molar-refractivity contribution in [2.45, 2.75) is 6.92 Å². The molecule has 110 valence electrons. The number of ether oxygens (including phenoxy) is 2. The maximum atomic E-state index is 12.0. The number of thiophene rings is 1. The van der Waals surface area contributed by atoms with Crippen LogP contribution in [-0.2, 0) is 4.74 Å². The molecule has 2 rings (SSSR count). The molecule has 0 fully saturated rings. The smallest absolute Gasteiger partial charge is 0.337 e. The van der Waals surface area contributed by atoms with Crippen molar-refractivity contribution in [1.82, 2.24) is 0 Å². The standard InChI is InChI=1S/C15H13BrO4S/c1-9-3-6-14(21-9)12(17)8-20-13-5-4-10(7-11(13)16)15(18)19-2/h3-7H,8H2,1-2H3. The van der Waals surface area contributed by atoms with Crippen LogP contribution >= 0.6 is 27.3 Å². The molecule has 0 aliphatic rings. The summed E-state index contributed by atoms with van der Waals surface area (Å²) in [4.78, 5) is 25.1. The number of halogens is 1. The number of Topliss-reactive ketones (excluding diaryl/α,β-unsaturated/α-hetero) is 1. The molecule has 1 heterocycles. The van der Waals surface area contributed by atoms with E-state index in [1.807, 2.05) is 13.0 Å². The Morgan fingerprint density at radius 1 is 1.24 bits per heavy atom. The fourth-order valence-electron chi connectivity index (χ4n) is 1.66. The molecule has 0 atom stereocenters. The third-order valence-corrected chi connectivity index (χ3v) is 4.39. The quantitative estimate of drug-likeness (QED) is 0.593. The van der Waals surface area contributed by atoms with Crippen molar-refractivity contribution in [3.05, 3.63) is 50.1 Å². The number of methoxy groups -OCH3 is 1. The molecule has 0 saturated carbocycles. The van der Waals surface area contributed by atoms with Crippen molar-refractivity contribution in [3.63, 3.8) is 0 Å². The first-order valence-electron chi connectivity index (χ1n) is 6.11. The molecule has 21 heavy (non-hydrogen) atoms. The zero-order valence-electron chi connectivity index (χ0n) is 11.5. The van der Waals surface area contributed by atoms with Gasteiger partial charge in [0, 0.05) is 4.88 Å². The zero-order valence-corrected chi connectivity index (χ0v) is 13.9. The highest BCUT2D eigenvalue weighted by Gasteiger charge is 2.12. The molecule has 0 unspecified atom stereocenters. The molecular weight excluding hydrogens is 356 g/mol. The number of benzene rings is 1. The Morgan fingerprint density at radius 2 is 2.00 bits per heavy atom. The van der Waals surface area contributed by atoms with Crippen LogP contribution in [-0.4, -0.2) is 25.5 Å². The fraction of sp³-hybridized carbons (Fsp3) is 0.200. The Balaban J connectivity index is 2.03. The minimum Gasteiger partial charge on any atom is -0.484 e. The lowest BCUT2D eigenvalue weighted by atomic mass is 10.2. The normalized spacial score (nSPS) is 10.2. The van der Waals surface area contributed by atoms with Crippen molar-refractivity contribution in [2.24, 2.45) is 0 Å². The number of hydrogen-bond donors (Lipinski definition) is 0. The van der Waals surface area contributed by atoms with Gasteiger partial charge in [-0.3, -0.25) is 4.79 Å². The van der Waals surface area contributed by atoms with E-state index >= 15 is 0 Å². The van der Waals surface area contributed by atoms with Crippen LogP contribution in [0.25, 0.3) is 0 Å². The molecule has 0 amide bonds. The van der Waals surface area contributed by atoms with E-state index in [9.17, 15) is 9.59 Å². The van der Waals surface area contributed by atoms with Crippen LogP contribution in [0.2, 0.25) is 0 Å². The van der Waals surface area contributed by atoms with Crippen LogP contribution < -0.4 is 4.74 Å². The summed E-state index contributed by atoms with van der Waals surface area (Å²) < 4.78 is 10.7. The monoisotopic (exact) mass is 368 g/mol. The third kappa shape index (κ3) is 3.92. The van der Waals surface area contributed by atoms with E-state index in [1.165, 1.54) is 18.4 Å². The minimum absolute atomic E-state index is 0.0455. The molecule has 4 nitrogen and oxygen atoms in total. The summed E-state index contributed by atoms with van der Waals surface area (Å²) >= 11 is 4.76. The summed E-state index contributed by atoms with van der Waals surface area (Å²) in [6.07, 6.45) is 0. The predicted octanol–water partition coefficient (Wildman–Crippen LogP) is 3.87. The summed E-state index contributed by atoms with van der Waals surface area (Å²) in [5, 5.41) is 0. The summed E-state index contributed by atoms with van der Waals surface area (Å²) in [5.74, 6) is 0.00807. The van der Waals surface area contributed by atoms with Gasteiger partial charge in [-0.25, -0.2) is 4.79 Å². The van der Waals surface area contributed by atoms with Gasteiger partial charge in [0.25, 0.3) is 0 Å². The van der Waals surface area contributed by atoms with Gasteiger partial charge in [0.15, 0.2) is 6.61 Å². The summed E-state index contributed by atoms with van der Waals surface area (Å²) in [7, 11) is 1.32. The maximum Gasteiger partial charge on any atom is 0.337 e. The molecule has 0 bridgehead atoms. The molecular formula is C15H13BrO4S. The molecule has 6 heteroatoms. The number of esters is 1. The molecule has 1 aromatic heterocycles. The average molecular weight is 369 g/mol. The lowest BCUT2D eigenvalue weighted by Crippen LogP contribution is -2.10. The van der Waals surface area contributed by atoms with Crippen LogP contribution in [0, 0.1) is 6.92 Å². The second-order valence-electron chi connectivity index (χ2n) is 4.26. The second kappa shape index (κ2) is 6.87. The van der Waals surface area contributed by atoms with Gasteiger partial charge in [0.2, 0.25) is 5.78 Å². The summed E-state index contributed by atoms with van der Waals surface area (Å²) in [5.41, 5.74) is 0.414. The van der Waals surface area contributed by atoms with E-state index in [0.29, 0.717) is 20.7 Å². The number of hydrogen-bond acceptors (Lipinski definition) is 5. The molecule has 2 aromatic rings. The molecule has 0 N–H and O–H groups in total. The van der Waals surface area contributed by atoms with E-state index in [-0.39, 0.29) is 12.4 Å². The Labute approximate surface area is 134 Å². The average Bonchev–Trinajstić information content (AvgIpc) is 2.91. The van der Waals surface area contributed by atoms with Crippen molar-refractivity contribution in [3.8, 4) is 5.75 Å². The zero-order chi connectivity index (χ0) is 15.4. The first-order chi connectivity index (χ1) is 10.0. The number of aryl methyl sites for hydroxylation is 1. The van der Waals surface area contributed by atoms with Gasteiger partial charge in [-0.15, -0.1) is 11.3 Å². The SMILES string of the molecule is COC(=O)c1ccc(OCC(=O)c2ccc(C)s2)c(Br)c1. The second-order valence-corrected chi connectivity index (χ2v) is 6.40.